The lowest BCUT2D eigenvalue weighted by molar-refractivity contribution is 0.139. The van der Waals surface area contributed by atoms with Gasteiger partial charge in [0, 0.05) is 48.9 Å². The van der Waals surface area contributed by atoms with Crippen LogP contribution in [0.4, 0.5) is 0 Å². The normalized spacial score (nSPS) is 18.8. The van der Waals surface area contributed by atoms with E-state index in [1.807, 2.05) is 12.1 Å². The first-order chi connectivity index (χ1) is 8.72. The van der Waals surface area contributed by atoms with E-state index in [9.17, 15) is 10.2 Å². The number of aromatic hydroxyl groups is 1. The molecule has 5 heteroatoms. The zero-order chi connectivity index (χ0) is 13.0. The van der Waals surface area contributed by atoms with Gasteiger partial charge in [-0.3, -0.25) is 4.90 Å². The molecule has 1 aromatic rings. The second-order valence-corrected chi connectivity index (χ2v) is 5.43. The van der Waals surface area contributed by atoms with Gasteiger partial charge in [-0.25, -0.2) is 0 Å². The Bertz CT molecular complexity index is 395. The molecule has 1 heterocycles. The van der Waals surface area contributed by atoms with E-state index >= 15 is 0 Å². The Balaban J connectivity index is 2.24. The van der Waals surface area contributed by atoms with E-state index < -0.39 is 0 Å². The Morgan fingerprint density at radius 2 is 2.06 bits per heavy atom. The number of nitrogens with zero attached hydrogens (tertiary/aromatic N) is 1. The molecular formula is C13H19BrN2O2. The maximum absolute atomic E-state index is 10.0. The monoisotopic (exact) mass is 314 g/mol. The van der Waals surface area contributed by atoms with Crippen LogP contribution in [0.25, 0.3) is 0 Å². The molecule has 18 heavy (non-hydrogen) atoms. The van der Waals surface area contributed by atoms with Crippen molar-refractivity contribution >= 4 is 15.9 Å². The van der Waals surface area contributed by atoms with Gasteiger partial charge < -0.3 is 15.5 Å². The first-order valence-corrected chi connectivity index (χ1v) is 7.05. The number of halogens is 1. The average molecular weight is 315 g/mol. The number of aliphatic hydroxyl groups is 1. The van der Waals surface area contributed by atoms with Crippen LogP contribution < -0.4 is 5.32 Å². The predicted octanol–water partition coefficient (Wildman–Crippen LogP) is 1.48. The molecule has 2 rings (SSSR count). The smallest absolute Gasteiger partial charge is 0.120 e. The minimum Gasteiger partial charge on any atom is -0.508 e. The lowest BCUT2D eigenvalue weighted by Crippen LogP contribution is -2.45. The molecule has 0 saturated carbocycles. The summed E-state index contributed by atoms with van der Waals surface area (Å²) in [7, 11) is 0. The summed E-state index contributed by atoms with van der Waals surface area (Å²) in [4.78, 5) is 2.31. The van der Waals surface area contributed by atoms with Gasteiger partial charge in [-0.15, -0.1) is 0 Å². The van der Waals surface area contributed by atoms with Gasteiger partial charge in [-0.05, 0) is 24.6 Å². The van der Waals surface area contributed by atoms with Gasteiger partial charge in [0.25, 0.3) is 0 Å². The van der Waals surface area contributed by atoms with Crippen molar-refractivity contribution in [3.63, 3.8) is 0 Å². The van der Waals surface area contributed by atoms with E-state index in [2.05, 4.69) is 26.1 Å². The van der Waals surface area contributed by atoms with Crippen LogP contribution in [0, 0.1) is 0 Å². The van der Waals surface area contributed by atoms with Crippen molar-refractivity contribution in [1.29, 1.82) is 0 Å². The van der Waals surface area contributed by atoms with Crippen LogP contribution in [0.1, 0.15) is 18.0 Å². The molecule has 0 amide bonds. The van der Waals surface area contributed by atoms with Crippen molar-refractivity contribution in [3.05, 3.63) is 28.2 Å². The molecule has 1 aromatic carbocycles. The minimum atomic E-state index is 0.0783. The summed E-state index contributed by atoms with van der Waals surface area (Å²) >= 11 is 3.44. The zero-order valence-corrected chi connectivity index (χ0v) is 11.9. The van der Waals surface area contributed by atoms with Crippen LogP contribution >= 0.6 is 15.9 Å². The largest absolute Gasteiger partial charge is 0.508 e. The van der Waals surface area contributed by atoms with Crippen molar-refractivity contribution in [3.8, 4) is 5.75 Å². The van der Waals surface area contributed by atoms with Crippen molar-refractivity contribution in [1.82, 2.24) is 10.2 Å². The number of hydrogen-bond donors (Lipinski definition) is 3. The quantitative estimate of drug-likeness (QED) is 0.788. The number of nitrogens with one attached hydrogen (secondary N) is 1. The summed E-state index contributed by atoms with van der Waals surface area (Å²) < 4.78 is 0.952. The molecule has 4 nitrogen and oxygen atoms in total. The van der Waals surface area contributed by atoms with Crippen LogP contribution in [-0.4, -0.2) is 47.9 Å². The maximum atomic E-state index is 10.0. The lowest BCUT2D eigenvalue weighted by Gasteiger charge is -2.35. The molecule has 1 aliphatic rings. The fraction of sp³-hybridized carbons (Fsp3) is 0.538. The van der Waals surface area contributed by atoms with E-state index in [4.69, 9.17) is 0 Å². The summed E-state index contributed by atoms with van der Waals surface area (Å²) in [6, 6.07) is 5.55. The lowest BCUT2D eigenvalue weighted by atomic mass is 10.0. The van der Waals surface area contributed by atoms with Gasteiger partial charge in [0.2, 0.25) is 0 Å². The molecule has 0 spiro atoms. The summed E-state index contributed by atoms with van der Waals surface area (Å²) in [5.41, 5.74) is 0.889. The third-order valence-corrected chi connectivity index (χ3v) is 3.84. The molecule has 100 valence electrons. The molecule has 1 aliphatic heterocycles. The van der Waals surface area contributed by atoms with Crippen LogP contribution in [0.5, 0.6) is 5.75 Å². The van der Waals surface area contributed by atoms with E-state index in [1.165, 1.54) is 0 Å². The fourth-order valence-corrected chi connectivity index (χ4v) is 2.82. The fourth-order valence-electron chi connectivity index (χ4n) is 2.44. The van der Waals surface area contributed by atoms with Gasteiger partial charge in [-0.1, -0.05) is 15.9 Å². The number of piperazine rings is 1. The Labute approximate surface area is 116 Å². The summed E-state index contributed by atoms with van der Waals surface area (Å²) in [6.45, 7) is 3.92. The SMILES string of the molecule is OCC[C@@H](c1cc(Br)ccc1O)N1CCNCC1. The van der Waals surface area contributed by atoms with Crippen LogP contribution in [0.15, 0.2) is 22.7 Å². The number of phenols is 1. The number of benzene rings is 1. The molecule has 0 radical (unpaired) electrons. The highest BCUT2D eigenvalue weighted by molar-refractivity contribution is 9.10. The molecule has 1 atom stereocenters. The third kappa shape index (κ3) is 3.23. The number of hydrogen-bond acceptors (Lipinski definition) is 4. The van der Waals surface area contributed by atoms with Crippen LogP contribution in [-0.2, 0) is 0 Å². The van der Waals surface area contributed by atoms with E-state index in [1.54, 1.807) is 6.07 Å². The third-order valence-electron chi connectivity index (χ3n) is 3.34. The topological polar surface area (TPSA) is 55.7 Å². The molecule has 0 aromatic heterocycles. The van der Waals surface area contributed by atoms with Gasteiger partial charge in [-0.2, -0.15) is 0 Å². The van der Waals surface area contributed by atoms with Gasteiger partial charge >= 0.3 is 0 Å². The molecular weight excluding hydrogens is 296 g/mol. The van der Waals surface area contributed by atoms with Crippen molar-refractivity contribution < 1.29 is 10.2 Å². The second kappa shape index (κ2) is 6.52. The van der Waals surface area contributed by atoms with Crippen molar-refractivity contribution in [2.45, 2.75) is 12.5 Å². The van der Waals surface area contributed by atoms with Crippen LogP contribution in [0.2, 0.25) is 0 Å². The molecule has 1 fully saturated rings. The maximum Gasteiger partial charge on any atom is 0.120 e. The molecule has 0 unspecified atom stereocenters. The number of rotatable bonds is 4. The standard InChI is InChI=1S/C13H19BrN2O2/c14-10-1-2-13(18)11(9-10)12(3-8-17)16-6-4-15-5-7-16/h1-2,9,12,15,17-18H,3-8H2/t12-/m0/s1. The summed E-state index contributed by atoms with van der Waals surface area (Å²) in [6.07, 6.45) is 0.643. The Kier molecular flexibility index (Phi) is 5.00. The highest BCUT2D eigenvalue weighted by Gasteiger charge is 2.24. The second-order valence-electron chi connectivity index (χ2n) is 4.52. The van der Waals surface area contributed by atoms with E-state index in [-0.39, 0.29) is 12.6 Å². The first kappa shape index (κ1) is 13.8. The number of phenolic OH excluding ortho intramolecular Hbond substituents is 1. The molecule has 0 bridgehead atoms. The van der Waals surface area contributed by atoms with Crippen LogP contribution in [0.3, 0.4) is 0 Å². The van der Waals surface area contributed by atoms with E-state index in [0.29, 0.717) is 12.2 Å². The molecule has 0 aliphatic carbocycles. The zero-order valence-electron chi connectivity index (χ0n) is 10.3. The van der Waals surface area contributed by atoms with E-state index in [0.717, 1.165) is 36.2 Å². The Hall–Kier alpha value is -0.620. The highest BCUT2D eigenvalue weighted by Crippen LogP contribution is 2.33. The Morgan fingerprint density at radius 3 is 2.72 bits per heavy atom. The highest BCUT2D eigenvalue weighted by atomic mass is 79.9. The summed E-state index contributed by atoms with van der Waals surface area (Å²) in [5.74, 6) is 0.301. The first-order valence-electron chi connectivity index (χ1n) is 6.26. The van der Waals surface area contributed by atoms with Gasteiger partial charge in [0.05, 0.1) is 0 Å². The van der Waals surface area contributed by atoms with Crippen molar-refractivity contribution in [2.75, 3.05) is 32.8 Å². The number of aliphatic hydroxyl groups excluding tert-OH is 1. The van der Waals surface area contributed by atoms with Gasteiger partial charge in [0.1, 0.15) is 5.75 Å². The summed E-state index contributed by atoms with van der Waals surface area (Å²) in [5, 5.41) is 22.6. The minimum absolute atomic E-state index is 0.0783. The molecule has 3 N–H and O–H groups in total. The molecule has 1 saturated heterocycles. The van der Waals surface area contributed by atoms with Gasteiger partial charge in [0.15, 0.2) is 0 Å². The average Bonchev–Trinajstić information content (AvgIpc) is 2.40. The van der Waals surface area contributed by atoms with Crippen molar-refractivity contribution in [2.24, 2.45) is 0 Å². The Morgan fingerprint density at radius 1 is 1.33 bits per heavy atom. The predicted molar refractivity (Wildman–Crippen MR) is 74.7 cm³/mol.